The summed E-state index contributed by atoms with van der Waals surface area (Å²) in [7, 11) is 1.27. The number of rotatable bonds is 43. The quantitative estimate of drug-likeness (QED) is 0.0198. The molecule has 8 nitrogen and oxygen atoms in total. The molecule has 0 aliphatic carbocycles. The van der Waals surface area contributed by atoms with Crippen LogP contribution < -0.4 is 4.89 Å². The number of carbonyl (C=O) groups is 1. The highest BCUT2D eigenvalue weighted by Gasteiger charge is 2.20. The first-order chi connectivity index (χ1) is 31.6. The third-order valence-corrected chi connectivity index (χ3v) is 10.4. The number of esters is 1. The number of hydrogen-bond acceptors (Lipinski definition) is 7. The van der Waals surface area contributed by atoms with Crippen molar-refractivity contribution in [1.29, 1.82) is 0 Å². The normalized spacial score (nSPS) is 14.9. The second kappa shape index (κ2) is 46.9. The minimum absolute atomic E-state index is 0.0000772. The summed E-state index contributed by atoms with van der Waals surface area (Å²) < 4.78 is 34.6. The summed E-state index contributed by atoms with van der Waals surface area (Å²) >= 11 is 0. The molecule has 0 saturated heterocycles. The van der Waals surface area contributed by atoms with Crippen LogP contribution in [0.5, 0.6) is 0 Å². The van der Waals surface area contributed by atoms with E-state index in [0.29, 0.717) is 24.1 Å². The predicted molar refractivity (Wildman–Crippen MR) is 276 cm³/mol. The van der Waals surface area contributed by atoms with E-state index in [1.54, 1.807) is 0 Å². The summed E-state index contributed by atoms with van der Waals surface area (Å²) in [5.74, 6) is -0.385. The Morgan fingerprint density at radius 2 is 0.846 bits per heavy atom. The Hall–Kier alpha value is -3.62. The van der Waals surface area contributed by atoms with Gasteiger partial charge in [-0.15, -0.1) is 0 Å². The molecular weight excluding hydrogens is 830 g/mol. The Kier molecular flexibility index (Phi) is 44.3. The van der Waals surface area contributed by atoms with E-state index in [9.17, 15) is 14.3 Å². The first-order valence-electron chi connectivity index (χ1n) is 24.6. The molecule has 0 spiro atoms. The Morgan fingerprint density at radius 1 is 0.477 bits per heavy atom. The minimum Gasteiger partial charge on any atom is -0.756 e. The van der Waals surface area contributed by atoms with Crippen LogP contribution in [-0.4, -0.2) is 70.7 Å². The van der Waals surface area contributed by atoms with Gasteiger partial charge in [-0.1, -0.05) is 173 Å². The number of hydrogen-bond donors (Lipinski definition) is 0. The summed E-state index contributed by atoms with van der Waals surface area (Å²) in [5, 5.41) is 0. The van der Waals surface area contributed by atoms with Gasteiger partial charge in [0, 0.05) is 13.0 Å². The maximum Gasteiger partial charge on any atom is 0.306 e. The molecule has 0 bridgehead atoms. The fourth-order valence-corrected chi connectivity index (χ4v) is 6.41. The van der Waals surface area contributed by atoms with Gasteiger partial charge in [-0.05, 0) is 109 Å². The van der Waals surface area contributed by atoms with E-state index >= 15 is 0 Å². The smallest absolute Gasteiger partial charge is 0.306 e. The number of phosphoric ester groups is 1. The first kappa shape index (κ1) is 61.4. The van der Waals surface area contributed by atoms with Gasteiger partial charge in [0.15, 0.2) is 0 Å². The van der Waals surface area contributed by atoms with Crippen molar-refractivity contribution in [3.63, 3.8) is 0 Å². The Morgan fingerprint density at radius 3 is 1.25 bits per heavy atom. The van der Waals surface area contributed by atoms with Crippen LogP contribution in [0, 0.1) is 0 Å². The van der Waals surface area contributed by atoms with Crippen LogP contribution in [-0.2, 0) is 27.9 Å². The number of ether oxygens (including phenoxy) is 2. The van der Waals surface area contributed by atoms with E-state index in [0.717, 1.165) is 116 Å². The lowest BCUT2D eigenvalue weighted by atomic mass is 10.1. The zero-order valence-corrected chi connectivity index (χ0v) is 42.3. The molecule has 2 atom stereocenters. The van der Waals surface area contributed by atoms with E-state index in [2.05, 4.69) is 160 Å². The molecule has 2 unspecified atom stereocenters. The lowest BCUT2D eigenvalue weighted by Gasteiger charge is -2.28. The van der Waals surface area contributed by atoms with Crippen molar-refractivity contribution in [2.75, 3.05) is 54.1 Å². The van der Waals surface area contributed by atoms with Gasteiger partial charge in [0.2, 0.25) is 0 Å². The monoisotopic (exact) mass is 920 g/mol. The number of unbranched alkanes of at least 4 members (excludes halogenated alkanes) is 5. The molecular formula is C56H90NO7P. The number of quaternary nitrogens is 1. The SMILES string of the molecule is CC/C=C\C/C=C\C/C=C\C/C=C\C/C=C\C/C=C\CCCCCCC(=O)OC(COCCC/C=C\C/C=C\C/C=C\C/C=C\C/C=C\C/C=C\CC)COP(=O)([O-])OCC[N+](C)(C)C. The van der Waals surface area contributed by atoms with Crippen molar-refractivity contribution in [3.05, 3.63) is 146 Å². The van der Waals surface area contributed by atoms with Crippen LogP contribution in [0.1, 0.15) is 142 Å². The highest BCUT2D eigenvalue weighted by molar-refractivity contribution is 7.45. The highest BCUT2D eigenvalue weighted by Crippen LogP contribution is 2.38. The summed E-state index contributed by atoms with van der Waals surface area (Å²) in [6.07, 6.45) is 70.3. The molecule has 0 aromatic carbocycles. The Labute approximate surface area is 397 Å². The second-order valence-electron chi connectivity index (χ2n) is 16.7. The van der Waals surface area contributed by atoms with Crippen molar-refractivity contribution >= 4 is 13.8 Å². The lowest BCUT2D eigenvalue weighted by molar-refractivity contribution is -0.870. The number of allylic oxidation sites excluding steroid dienone is 24. The number of phosphoric acid groups is 1. The van der Waals surface area contributed by atoms with Crippen molar-refractivity contribution in [3.8, 4) is 0 Å². The molecule has 65 heavy (non-hydrogen) atoms. The van der Waals surface area contributed by atoms with Gasteiger partial charge in [0.1, 0.15) is 19.3 Å². The zero-order valence-electron chi connectivity index (χ0n) is 41.4. The van der Waals surface area contributed by atoms with Crippen LogP contribution in [0.4, 0.5) is 0 Å². The molecule has 0 fully saturated rings. The molecule has 0 aromatic rings. The number of nitrogens with zero attached hydrogens (tertiary/aromatic N) is 1. The summed E-state index contributed by atoms with van der Waals surface area (Å²) in [6.45, 7) is 4.94. The molecule has 0 N–H and O–H groups in total. The fraction of sp³-hybridized carbons (Fsp3) is 0.554. The summed E-state index contributed by atoms with van der Waals surface area (Å²) in [6, 6.07) is 0. The molecule has 366 valence electrons. The van der Waals surface area contributed by atoms with Gasteiger partial charge in [-0.2, -0.15) is 0 Å². The van der Waals surface area contributed by atoms with E-state index < -0.39 is 13.9 Å². The second-order valence-corrected chi connectivity index (χ2v) is 18.1. The average Bonchev–Trinajstić information content (AvgIpc) is 3.27. The highest BCUT2D eigenvalue weighted by atomic mass is 31.2. The maximum atomic E-state index is 12.7. The fourth-order valence-electron chi connectivity index (χ4n) is 5.68. The molecule has 0 aromatic heterocycles. The van der Waals surface area contributed by atoms with E-state index in [-0.39, 0.29) is 32.2 Å². The minimum atomic E-state index is -4.57. The molecule has 0 aliphatic heterocycles. The summed E-state index contributed by atoms with van der Waals surface area (Å²) in [4.78, 5) is 25.2. The topological polar surface area (TPSA) is 94.1 Å². The van der Waals surface area contributed by atoms with Crippen molar-refractivity contribution in [2.24, 2.45) is 0 Å². The number of likely N-dealkylation sites (N-methyl/N-ethyl adjacent to an activating group) is 1. The largest absolute Gasteiger partial charge is 0.756 e. The van der Waals surface area contributed by atoms with Gasteiger partial charge < -0.3 is 27.9 Å². The van der Waals surface area contributed by atoms with Gasteiger partial charge in [0.05, 0.1) is 34.4 Å². The first-order valence-corrected chi connectivity index (χ1v) is 26.0. The van der Waals surface area contributed by atoms with Crippen LogP contribution in [0.3, 0.4) is 0 Å². The van der Waals surface area contributed by atoms with E-state index in [1.165, 1.54) is 0 Å². The Bertz CT molecular complexity index is 1540. The van der Waals surface area contributed by atoms with Crippen molar-refractivity contribution in [1.82, 2.24) is 0 Å². The van der Waals surface area contributed by atoms with Gasteiger partial charge in [0.25, 0.3) is 7.82 Å². The van der Waals surface area contributed by atoms with Gasteiger partial charge in [-0.3, -0.25) is 9.36 Å². The zero-order chi connectivity index (χ0) is 47.6. The lowest BCUT2D eigenvalue weighted by Crippen LogP contribution is -2.37. The molecule has 0 rings (SSSR count). The third kappa shape index (κ3) is 51.2. The maximum absolute atomic E-state index is 12.7. The van der Waals surface area contributed by atoms with Gasteiger partial charge >= 0.3 is 5.97 Å². The van der Waals surface area contributed by atoms with Crippen molar-refractivity contribution in [2.45, 2.75) is 148 Å². The average molecular weight is 920 g/mol. The van der Waals surface area contributed by atoms with Gasteiger partial charge in [-0.25, -0.2) is 0 Å². The van der Waals surface area contributed by atoms with E-state index in [4.69, 9.17) is 18.5 Å². The molecule has 0 saturated carbocycles. The standard InChI is InChI=1S/C56H90NO7P/c1-6-8-10-12-14-16-18-20-22-24-26-28-29-30-31-33-35-37-39-41-43-45-47-49-56(58)64-55(54-63-65(59,60)62-52-50-57(3,4)5)53-61-51-48-46-44-42-40-38-36-34-32-27-25-23-21-19-17-15-13-11-9-7-2/h8-11,14-17,20-23,26-28,30-32,35-38,42,44,55H,6-7,12-13,18-19,24-25,29,33-34,39-41,43,45-54H2,1-5H3/b10-8-,11-9-,16-14-,17-15-,22-20-,23-21-,28-26-,31-30-,32-27-,37-35-,38-36-,44-42-. The van der Waals surface area contributed by atoms with Crippen LogP contribution in [0.15, 0.2) is 146 Å². The molecule has 0 amide bonds. The third-order valence-electron chi connectivity index (χ3n) is 9.39. The predicted octanol–water partition coefficient (Wildman–Crippen LogP) is 14.6. The van der Waals surface area contributed by atoms with E-state index in [1.807, 2.05) is 21.1 Å². The van der Waals surface area contributed by atoms with Crippen LogP contribution >= 0.6 is 7.82 Å². The molecule has 0 heterocycles. The molecule has 0 radical (unpaired) electrons. The van der Waals surface area contributed by atoms with Crippen LogP contribution in [0.2, 0.25) is 0 Å². The van der Waals surface area contributed by atoms with Crippen LogP contribution in [0.25, 0.3) is 0 Å². The van der Waals surface area contributed by atoms with Crippen molar-refractivity contribution < 1.29 is 37.3 Å². The summed E-state index contributed by atoms with van der Waals surface area (Å²) in [5.41, 5.74) is 0. The number of carbonyl (C=O) groups excluding carboxylic acids is 1. The molecule has 9 heteroatoms. The Balaban J connectivity index is 4.39. The molecule has 0 aliphatic rings.